The van der Waals surface area contributed by atoms with E-state index in [1.807, 2.05) is 24.3 Å². The maximum atomic E-state index is 10.1. The van der Waals surface area contributed by atoms with Gasteiger partial charge in [0, 0.05) is 17.1 Å². The summed E-state index contributed by atoms with van der Waals surface area (Å²) >= 11 is 6.07. The highest BCUT2D eigenvalue weighted by molar-refractivity contribution is 6.31. The molecule has 3 heteroatoms. The van der Waals surface area contributed by atoms with Crippen LogP contribution in [0.4, 0.5) is 0 Å². The number of hydrogen-bond donors (Lipinski definition) is 2. The number of aliphatic hydroxyl groups is 1. The van der Waals surface area contributed by atoms with Crippen LogP contribution in [0.25, 0.3) is 0 Å². The molecule has 0 saturated heterocycles. The van der Waals surface area contributed by atoms with Gasteiger partial charge in [-0.2, -0.15) is 0 Å². The van der Waals surface area contributed by atoms with Crippen molar-refractivity contribution in [2.24, 2.45) is 17.8 Å². The van der Waals surface area contributed by atoms with Gasteiger partial charge in [0.1, 0.15) is 0 Å². The summed E-state index contributed by atoms with van der Waals surface area (Å²) in [6.07, 6.45) is -0.548. The largest absolute Gasteiger partial charge is 0.387 e. The average Bonchev–Trinajstić information content (AvgIpc) is 2.33. The molecule has 19 heavy (non-hydrogen) atoms. The molecule has 2 nitrogen and oxygen atoms in total. The van der Waals surface area contributed by atoms with Crippen LogP contribution >= 0.6 is 11.6 Å². The monoisotopic (exact) mass is 283 g/mol. The van der Waals surface area contributed by atoms with Crippen LogP contribution in [0.2, 0.25) is 5.02 Å². The van der Waals surface area contributed by atoms with Crippen molar-refractivity contribution in [1.82, 2.24) is 5.32 Å². The molecule has 1 unspecified atom stereocenters. The lowest BCUT2D eigenvalue weighted by atomic mass is 9.85. The van der Waals surface area contributed by atoms with Crippen LogP contribution in [0.1, 0.15) is 39.4 Å². The molecule has 0 spiro atoms. The molecule has 0 fully saturated rings. The molecule has 2 N–H and O–H groups in total. The number of benzene rings is 1. The Bertz CT molecular complexity index is 371. The Morgan fingerprint density at radius 3 is 2.16 bits per heavy atom. The average molecular weight is 284 g/mol. The van der Waals surface area contributed by atoms with Crippen molar-refractivity contribution in [2.75, 3.05) is 13.1 Å². The summed E-state index contributed by atoms with van der Waals surface area (Å²) in [5, 5.41) is 14.1. The highest BCUT2D eigenvalue weighted by Crippen LogP contribution is 2.23. The first-order chi connectivity index (χ1) is 8.93. The van der Waals surface area contributed by atoms with Crippen molar-refractivity contribution in [1.29, 1.82) is 0 Å². The molecule has 0 aliphatic rings. The molecule has 0 radical (unpaired) electrons. The van der Waals surface area contributed by atoms with E-state index >= 15 is 0 Å². The SMILES string of the molecule is CC(C)C(CNCC(O)c1ccccc1Cl)C(C)C. The minimum absolute atomic E-state index is 0.541. The van der Waals surface area contributed by atoms with Gasteiger partial charge in [0.15, 0.2) is 0 Å². The Morgan fingerprint density at radius 1 is 1.05 bits per heavy atom. The lowest BCUT2D eigenvalue weighted by Gasteiger charge is -2.26. The van der Waals surface area contributed by atoms with E-state index < -0.39 is 6.10 Å². The molecular weight excluding hydrogens is 258 g/mol. The highest BCUT2D eigenvalue weighted by atomic mass is 35.5. The third-order valence-electron chi connectivity index (χ3n) is 3.69. The van der Waals surface area contributed by atoms with Gasteiger partial charge >= 0.3 is 0 Å². The van der Waals surface area contributed by atoms with Gasteiger partial charge in [-0.25, -0.2) is 0 Å². The van der Waals surface area contributed by atoms with Gasteiger partial charge < -0.3 is 10.4 Å². The van der Waals surface area contributed by atoms with E-state index in [0.29, 0.717) is 29.3 Å². The van der Waals surface area contributed by atoms with Crippen LogP contribution in [0.15, 0.2) is 24.3 Å². The van der Waals surface area contributed by atoms with Crippen molar-refractivity contribution in [3.63, 3.8) is 0 Å². The lowest BCUT2D eigenvalue weighted by Crippen LogP contribution is -2.32. The van der Waals surface area contributed by atoms with Gasteiger partial charge in [-0.1, -0.05) is 57.5 Å². The molecular formula is C16H26ClNO. The van der Waals surface area contributed by atoms with Gasteiger partial charge in [-0.3, -0.25) is 0 Å². The first kappa shape index (κ1) is 16.5. The minimum atomic E-state index is -0.548. The smallest absolute Gasteiger partial charge is 0.0928 e. The van der Waals surface area contributed by atoms with Crippen molar-refractivity contribution >= 4 is 11.6 Å². The fourth-order valence-corrected chi connectivity index (χ4v) is 2.74. The van der Waals surface area contributed by atoms with E-state index in [9.17, 15) is 5.11 Å². The minimum Gasteiger partial charge on any atom is -0.387 e. The van der Waals surface area contributed by atoms with E-state index in [1.54, 1.807) is 0 Å². The molecule has 1 aromatic rings. The summed E-state index contributed by atoms with van der Waals surface area (Å²) in [5.41, 5.74) is 0.794. The van der Waals surface area contributed by atoms with Gasteiger partial charge in [-0.15, -0.1) is 0 Å². The van der Waals surface area contributed by atoms with E-state index in [0.717, 1.165) is 12.1 Å². The normalized spacial score (nSPS) is 13.5. The van der Waals surface area contributed by atoms with Gasteiger partial charge in [0.05, 0.1) is 6.10 Å². The third-order valence-corrected chi connectivity index (χ3v) is 4.04. The molecule has 0 aliphatic carbocycles. The topological polar surface area (TPSA) is 32.3 Å². The van der Waals surface area contributed by atoms with E-state index in [-0.39, 0.29) is 0 Å². The summed E-state index contributed by atoms with van der Waals surface area (Å²) < 4.78 is 0. The Labute approximate surface area is 122 Å². The Balaban J connectivity index is 2.47. The molecule has 0 aromatic heterocycles. The fraction of sp³-hybridized carbons (Fsp3) is 0.625. The van der Waals surface area contributed by atoms with E-state index in [2.05, 4.69) is 33.0 Å². The zero-order chi connectivity index (χ0) is 14.4. The third kappa shape index (κ3) is 5.13. The summed E-state index contributed by atoms with van der Waals surface area (Å²) in [7, 11) is 0. The molecule has 108 valence electrons. The second-order valence-electron chi connectivity index (χ2n) is 5.85. The molecule has 0 amide bonds. The van der Waals surface area contributed by atoms with Crippen molar-refractivity contribution in [2.45, 2.75) is 33.8 Å². The number of halogens is 1. The van der Waals surface area contributed by atoms with Crippen molar-refractivity contribution < 1.29 is 5.11 Å². The zero-order valence-electron chi connectivity index (χ0n) is 12.4. The molecule has 1 atom stereocenters. The van der Waals surface area contributed by atoms with Gasteiger partial charge in [0.2, 0.25) is 0 Å². The molecule has 0 bridgehead atoms. The van der Waals surface area contributed by atoms with Crippen LogP contribution in [-0.4, -0.2) is 18.2 Å². The number of aliphatic hydroxyl groups excluding tert-OH is 1. The fourth-order valence-electron chi connectivity index (χ4n) is 2.48. The highest BCUT2D eigenvalue weighted by Gasteiger charge is 2.18. The van der Waals surface area contributed by atoms with Crippen molar-refractivity contribution in [3.8, 4) is 0 Å². The Morgan fingerprint density at radius 2 is 1.63 bits per heavy atom. The predicted molar refractivity (Wildman–Crippen MR) is 82.4 cm³/mol. The van der Waals surface area contributed by atoms with Crippen LogP contribution in [0, 0.1) is 17.8 Å². The quantitative estimate of drug-likeness (QED) is 0.796. The van der Waals surface area contributed by atoms with E-state index in [1.165, 1.54) is 0 Å². The van der Waals surface area contributed by atoms with Crippen LogP contribution in [0.3, 0.4) is 0 Å². The number of hydrogen-bond acceptors (Lipinski definition) is 2. The van der Waals surface area contributed by atoms with Crippen molar-refractivity contribution in [3.05, 3.63) is 34.9 Å². The summed E-state index contributed by atoms with van der Waals surface area (Å²) in [6.45, 7) is 10.5. The molecule has 0 saturated carbocycles. The van der Waals surface area contributed by atoms with Crippen LogP contribution < -0.4 is 5.32 Å². The standard InChI is InChI=1S/C16H26ClNO/c1-11(2)14(12(3)4)9-18-10-16(19)13-7-5-6-8-15(13)17/h5-8,11-12,14,16,18-19H,9-10H2,1-4H3. The molecule has 1 aromatic carbocycles. The second-order valence-corrected chi connectivity index (χ2v) is 6.25. The molecule has 0 heterocycles. The summed E-state index contributed by atoms with van der Waals surface area (Å²) in [6, 6.07) is 7.46. The van der Waals surface area contributed by atoms with E-state index in [4.69, 9.17) is 11.6 Å². The molecule has 1 rings (SSSR count). The summed E-state index contributed by atoms with van der Waals surface area (Å²) in [5.74, 6) is 1.91. The van der Waals surface area contributed by atoms with Gasteiger partial charge in [0.25, 0.3) is 0 Å². The number of rotatable bonds is 7. The van der Waals surface area contributed by atoms with Crippen LogP contribution in [0.5, 0.6) is 0 Å². The number of nitrogens with one attached hydrogen (secondary N) is 1. The van der Waals surface area contributed by atoms with Gasteiger partial charge in [-0.05, 0) is 30.4 Å². The maximum Gasteiger partial charge on any atom is 0.0928 e. The lowest BCUT2D eigenvalue weighted by molar-refractivity contribution is 0.167. The molecule has 0 aliphatic heterocycles. The first-order valence-electron chi connectivity index (χ1n) is 7.06. The second kappa shape index (κ2) is 7.88. The first-order valence-corrected chi connectivity index (χ1v) is 7.44. The Kier molecular flexibility index (Phi) is 6.84. The summed E-state index contributed by atoms with van der Waals surface area (Å²) in [4.78, 5) is 0. The predicted octanol–water partition coefficient (Wildman–Crippen LogP) is 3.89. The maximum absolute atomic E-state index is 10.1. The van der Waals surface area contributed by atoms with Crippen LogP contribution in [-0.2, 0) is 0 Å². The Hall–Kier alpha value is -0.570. The zero-order valence-corrected chi connectivity index (χ0v) is 13.1.